The van der Waals surface area contributed by atoms with E-state index in [9.17, 15) is 14.7 Å². The molecule has 0 unspecified atom stereocenters. The van der Waals surface area contributed by atoms with Crippen LogP contribution in [-0.4, -0.2) is 29.1 Å². The molecule has 0 radical (unpaired) electrons. The molecular weight excluding hydrogens is 318 g/mol. The van der Waals surface area contributed by atoms with E-state index in [0.717, 1.165) is 19.3 Å². The Morgan fingerprint density at radius 1 is 1.35 bits per heavy atom. The molecule has 2 rings (SSSR count). The number of hydrogen-bond donors (Lipinski definition) is 2. The van der Waals surface area contributed by atoms with Crippen molar-refractivity contribution in [2.45, 2.75) is 51.7 Å². The average molecular weight is 340 g/mol. The van der Waals surface area contributed by atoms with Crippen LogP contribution in [0.15, 0.2) is 18.2 Å². The van der Waals surface area contributed by atoms with Gasteiger partial charge in [-0.3, -0.25) is 4.79 Å². The SMILES string of the molecule is C[C@@H]1CCCC[C@H]1NC(=O)[C@@H](C)OC(=O)c1cc(Cl)ccc1O. The molecule has 1 saturated carbocycles. The molecule has 126 valence electrons. The molecule has 3 atom stereocenters. The van der Waals surface area contributed by atoms with Gasteiger partial charge in [0.25, 0.3) is 5.91 Å². The highest BCUT2D eigenvalue weighted by molar-refractivity contribution is 6.31. The number of esters is 1. The van der Waals surface area contributed by atoms with Gasteiger partial charge in [-0.25, -0.2) is 4.79 Å². The van der Waals surface area contributed by atoms with Gasteiger partial charge in [0.1, 0.15) is 11.3 Å². The van der Waals surface area contributed by atoms with Crippen LogP contribution in [0.4, 0.5) is 0 Å². The Kier molecular flexibility index (Phi) is 5.88. The maximum absolute atomic E-state index is 12.2. The second kappa shape index (κ2) is 7.68. The Labute approximate surface area is 141 Å². The van der Waals surface area contributed by atoms with Crippen LogP contribution in [-0.2, 0) is 9.53 Å². The lowest BCUT2D eigenvalue weighted by Gasteiger charge is -2.30. The van der Waals surface area contributed by atoms with Gasteiger partial charge in [-0.05, 0) is 43.9 Å². The number of ether oxygens (including phenoxy) is 1. The second-order valence-corrected chi connectivity index (χ2v) is 6.52. The van der Waals surface area contributed by atoms with E-state index in [2.05, 4.69) is 12.2 Å². The summed E-state index contributed by atoms with van der Waals surface area (Å²) in [6.45, 7) is 3.63. The van der Waals surface area contributed by atoms with E-state index in [1.165, 1.54) is 31.5 Å². The minimum Gasteiger partial charge on any atom is -0.507 e. The molecule has 6 heteroatoms. The third-order valence-corrected chi connectivity index (χ3v) is 4.51. The van der Waals surface area contributed by atoms with Crippen LogP contribution in [0.3, 0.4) is 0 Å². The fourth-order valence-electron chi connectivity index (χ4n) is 2.78. The summed E-state index contributed by atoms with van der Waals surface area (Å²) in [5.74, 6) is -0.900. The summed E-state index contributed by atoms with van der Waals surface area (Å²) in [6.07, 6.45) is 3.39. The molecule has 1 aliphatic rings. The standard InChI is InChI=1S/C17H22ClNO4/c1-10-5-3-4-6-14(10)19-16(21)11(2)23-17(22)13-9-12(18)7-8-15(13)20/h7-11,14,20H,3-6H2,1-2H3,(H,19,21)/t10-,11-,14-/m1/s1. The zero-order chi connectivity index (χ0) is 17.0. The average Bonchev–Trinajstić information content (AvgIpc) is 2.51. The molecular formula is C17H22ClNO4. The van der Waals surface area contributed by atoms with E-state index in [4.69, 9.17) is 16.3 Å². The van der Waals surface area contributed by atoms with Gasteiger partial charge in [-0.1, -0.05) is 31.4 Å². The molecule has 0 heterocycles. The van der Waals surface area contributed by atoms with Crippen LogP contribution < -0.4 is 5.32 Å². The smallest absolute Gasteiger partial charge is 0.342 e. The summed E-state index contributed by atoms with van der Waals surface area (Å²) in [5, 5.41) is 12.9. The number of rotatable bonds is 4. The summed E-state index contributed by atoms with van der Waals surface area (Å²) in [7, 11) is 0. The fraction of sp³-hybridized carbons (Fsp3) is 0.529. The summed E-state index contributed by atoms with van der Waals surface area (Å²) < 4.78 is 5.14. The molecule has 5 nitrogen and oxygen atoms in total. The number of hydrogen-bond acceptors (Lipinski definition) is 4. The van der Waals surface area contributed by atoms with E-state index < -0.39 is 12.1 Å². The van der Waals surface area contributed by atoms with Crippen molar-refractivity contribution in [3.63, 3.8) is 0 Å². The molecule has 0 spiro atoms. The Balaban J connectivity index is 1.94. The van der Waals surface area contributed by atoms with Crippen LogP contribution in [0.1, 0.15) is 49.9 Å². The minimum atomic E-state index is -0.935. The molecule has 2 N–H and O–H groups in total. The highest BCUT2D eigenvalue weighted by Gasteiger charge is 2.27. The van der Waals surface area contributed by atoms with Crippen molar-refractivity contribution in [3.8, 4) is 5.75 Å². The Bertz CT molecular complexity index is 590. The maximum Gasteiger partial charge on any atom is 0.342 e. The van der Waals surface area contributed by atoms with E-state index in [1.807, 2.05) is 0 Å². The molecule has 23 heavy (non-hydrogen) atoms. The van der Waals surface area contributed by atoms with E-state index in [0.29, 0.717) is 10.9 Å². The molecule has 1 aliphatic carbocycles. The number of carbonyl (C=O) groups is 2. The number of benzene rings is 1. The Morgan fingerprint density at radius 2 is 2.04 bits per heavy atom. The van der Waals surface area contributed by atoms with Crippen molar-refractivity contribution in [2.24, 2.45) is 5.92 Å². The van der Waals surface area contributed by atoms with E-state index in [-0.39, 0.29) is 23.3 Å². The molecule has 1 aromatic rings. The third-order valence-electron chi connectivity index (χ3n) is 4.27. The van der Waals surface area contributed by atoms with Gasteiger partial charge in [-0.2, -0.15) is 0 Å². The lowest BCUT2D eigenvalue weighted by Crippen LogP contribution is -2.45. The van der Waals surface area contributed by atoms with Crippen molar-refractivity contribution >= 4 is 23.5 Å². The van der Waals surface area contributed by atoms with Gasteiger partial charge in [-0.15, -0.1) is 0 Å². The van der Waals surface area contributed by atoms with Gasteiger partial charge >= 0.3 is 5.97 Å². The van der Waals surface area contributed by atoms with Crippen LogP contribution in [0, 0.1) is 5.92 Å². The number of halogens is 1. The zero-order valence-electron chi connectivity index (χ0n) is 13.3. The van der Waals surface area contributed by atoms with Crippen LogP contribution in [0.2, 0.25) is 5.02 Å². The molecule has 0 aromatic heterocycles. The Morgan fingerprint density at radius 3 is 2.74 bits per heavy atom. The largest absolute Gasteiger partial charge is 0.507 e. The Hall–Kier alpha value is -1.75. The van der Waals surface area contributed by atoms with Crippen molar-refractivity contribution in [2.75, 3.05) is 0 Å². The second-order valence-electron chi connectivity index (χ2n) is 6.09. The summed E-state index contributed by atoms with van der Waals surface area (Å²) in [4.78, 5) is 24.3. The van der Waals surface area contributed by atoms with Crippen molar-refractivity contribution in [1.82, 2.24) is 5.32 Å². The van der Waals surface area contributed by atoms with Gasteiger partial charge < -0.3 is 15.2 Å². The lowest BCUT2D eigenvalue weighted by atomic mass is 9.86. The monoisotopic (exact) mass is 339 g/mol. The number of amides is 1. The predicted octanol–water partition coefficient (Wildman–Crippen LogP) is 3.29. The van der Waals surface area contributed by atoms with Gasteiger partial charge in [0.2, 0.25) is 0 Å². The topological polar surface area (TPSA) is 75.6 Å². The number of nitrogens with one attached hydrogen (secondary N) is 1. The molecule has 0 saturated heterocycles. The first kappa shape index (κ1) is 17.6. The number of phenolic OH excluding ortho intramolecular Hbond substituents is 1. The van der Waals surface area contributed by atoms with E-state index >= 15 is 0 Å². The lowest BCUT2D eigenvalue weighted by molar-refractivity contribution is -0.130. The van der Waals surface area contributed by atoms with Crippen molar-refractivity contribution < 1.29 is 19.4 Å². The number of aromatic hydroxyl groups is 1. The van der Waals surface area contributed by atoms with Crippen molar-refractivity contribution in [1.29, 1.82) is 0 Å². The van der Waals surface area contributed by atoms with E-state index in [1.54, 1.807) is 0 Å². The summed E-state index contributed by atoms with van der Waals surface area (Å²) in [5.41, 5.74) is -0.0526. The van der Waals surface area contributed by atoms with Gasteiger partial charge in [0, 0.05) is 11.1 Å². The van der Waals surface area contributed by atoms with Crippen molar-refractivity contribution in [3.05, 3.63) is 28.8 Å². The first-order valence-electron chi connectivity index (χ1n) is 7.88. The van der Waals surface area contributed by atoms with Crippen LogP contribution in [0.5, 0.6) is 5.75 Å². The van der Waals surface area contributed by atoms with Gasteiger partial charge in [0.15, 0.2) is 6.10 Å². The summed E-state index contributed by atoms with van der Waals surface area (Å²) in [6, 6.07) is 4.21. The molecule has 1 fully saturated rings. The van der Waals surface area contributed by atoms with Gasteiger partial charge in [0.05, 0.1) is 0 Å². The quantitative estimate of drug-likeness (QED) is 0.825. The molecule has 0 bridgehead atoms. The minimum absolute atomic E-state index is 0.0526. The first-order valence-corrected chi connectivity index (χ1v) is 8.26. The molecule has 1 amide bonds. The first-order chi connectivity index (χ1) is 10.9. The predicted molar refractivity (Wildman–Crippen MR) is 87.6 cm³/mol. The third kappa shape index (κ3) is 4.61. The molecule has 1 aromatic carbocycles. The van der Waals surface area contributed by atoms with Crippen LogP contribution in [0.25, 0.3) is 0 Å². The fourth-order valence-corrected chi connectivity index (χ4v) is 2.95. The number of carbonyl (C=O) groups excluding carboxylic acids is 2. The highest BCUT2D eigenvalue weighted by atomic mass is 35.5. The normalized spacial score (nSPS) is 22.2. The van der Waals surface area contributed by atoms with Crippen LogP contribution >= 0.6 is 11.6 Å². The maximum atomic E-state index is 12.2. The highest BCUT2D eigenvalue weighted by Crippen LogP contribution is 2.24. The molecule has 0 aliphatic heterocycles. The zero-order valence-corrected chi connectivity index (χ0v) is 14.1. The summed E-state index contributed by atoms with van der Waals surface area (Å²) >= 11 is 5.81. The number of phenols is 1.